The summed E-state index contributed by atoms with van der Waals surface area (Å²) in [4.78, 5) is 10.9. The van der Waals surface area contributed by atoms with Gasteiger partial charge in [-0.2, -0.15) is 0 Å². The number of hydrogen-bond acceptors (Lipinski definition) is 5. The van der Waals surface area contributed by atoms with E-state index in [-0.39, 0.29) is 0 Å². The highest BCUT2D eigenvalue weighted by Gasteiger charge is 2.05. The van der Waals surface area contributed by atoms with Gasteiger partial charge in [0.05, 0.1) is 22.2 Å². The van der Waals surface area contributed by atoms with Crippen LogP contribution in [-0.4, -0.2) is 5.91 Å². The number of amides is 1. The second-order valence-corrected chi connectivity index (χ2v) is 2.96. The average molecular weight is 213 g/mol. The molecule has 0 atom stereocenters. The Morgan fingerprint density at radius 1 is 1.46 bits per heavy atom. The van der Waals surface area contributed by atoms with Crippen LogP contribution in [0.2, 0.25) is 0 Å². The summed E-state index contributed by atoms with van der Waals surface area (Å²) in [5.74, 6) is -0.515. The summed E-state index contributed by atoms with van der Waals surface area (Å²) in [5.41, 5.74) is 5.93. The molecule has 4 nitrogen and oxygen atoms in total. The molecule has 1 aromatic rings. The highest BCUT2D eigenvalue weighted by molar-refractivity contribution is 8.68. The van der Waals surface area contributed by atoms with Gasteiger partial charge in [0.15, 0.2) is 0 Å². The molecule has 1 aromatic carbocycles. The number of primary amides is 1. The SMILES string of the molecule is NC(=O)c1ccccc1N=NSS. The number of nitrogens with zero attached hydrogens (tertiary/aromatic N) is 2. The summed E-state index contributed by atoms with van der Waals surface area (Å²) in [6.07, 6.45) is 0. The maximum Gasteiger partial charge on any atom is 0.250 e. The number of benzene rings is 1. The van der Waals surface area contributed by atoms with Gasteiger partial charge >= 0.3 is 0 Å². The molecule has 2 N–H and O–H groups in total. The molecule has 0 saturated carbocycles. The minimum absolute atomic E-state index is 0.355. The molecule has 0 bridgehead atoms. The van der Waals surface area contributed by atoms with Crippen LogP contribution in [0.15, 0.2) is 33.9 Å². The van der Waals surface area contributed by atoms with Crippen LogP contribution in [0.3, 0.4) is 0 Å². The summed E-state index contributed by atoms with van der Waals surface area (Å²) in [6, 6.07) is 6.73. The minimum atomic E-state index is -0.515. The van der Waals surface area contributed by atoms with Crippen LogP contribution < -0.4 is 5.73 Å². The lowest BCUT2D eigenvalue weighted by Gasteiger charge is -1.97. The lowest BCUT2D eigenvalue weighted by atomic mass is 10.2. The molecule has 0 unspecified atom stereocenters. The fourth-order valence-electron chi connectivity index (χ4n) is 0.831. The maximum absolute atomic E-state index is 10.9. The van der Waals surface area contributed by atoms with Gasteiger partial charge in [-0.15, -0.1) is 9.63 Å². The smallest absolute Gasteiger partial charge is 0.250 e. The van der Waals surface area contributed by atoms with E-state index in [0.717, 1.165) is 11.0 Å². The number of thiol groups is 1. The standard InChI is InChI=1S/C7H7N3OS2/c8-7(11)5-3-1-2-4-6(5)9-10-13-12/h1-4,12H,(H2,8,11). The molecule has 0 saturated heterocycles. The third-order valence-corrected chi connectivity index (χ3v) is 1.73. The molecule has 13 heavy (non-hydrogen) atoms. The van der Waals surface area contributed by atoms with E-state index in [9.17, 15) is 4.79 Å². The van der Waals surface area contributed by atoms with E-state index in [1.165, 1.54) is 0 Å². The first-order chi connectivity index (χ1) is 6.25. The van der Waals surface area contributed by atoms with E-state index in [4.69, 9.17) is 5.73 Å². The summed E-state index contributed by atoms with van der Waals surface area (Å²) < 4.78 is 3.58. The predicted molar refractivity (Wildman–Crippen MR) is 56.1 cm³/mol. The van der Waals surface area contributed by atoms with Crippen molar-refractivity contribution in [3.63, 3.8) is 0 Å². The van der Waals surface area contributed by atoms with Crippen molar-refractivity contribution < 1.29 is 4.79 Å². The highest BCUT2D eigenvalue weighted by atomic mass is 33.1. The van der Waals surface area contributed by atoms with E-state index in [1.54, 1.807) is 24.3 Å². The van der Waals surface area contributed by atoms with E-state index >= 15 is 0 Å². The van der Waals surface area contributed by atoms with Crippen LogP contribution >= 0.6 is 22.6 Å². The average Bonchev–Trinajstić information content (AvgIpc) is 2.15. The van der Waals surface area contributed by atoms with E-state index in [2.05, 4.69) is 21.3 Å². The van der Waals surface area contributed by atoms with E-state index in [0.29, 0.717) is 11.3 Å². The molecule has 68 valence electrons. The molecule has 0 aliphatic rings. The van der Waals surface area contributed by atoms with Crippen LogP contribution in [0, 0.1) is 0 Å². The Kier molecular flexibility index (Phi) is 3.78. The quantitative estimate of drug-likeness (QED) is 0.350. The molecule has 6 heteroatoms. The number of nitrogens with two attached hydrogens (primary N) is 1. The molecule has 0 spiro atoms. The summed E-state index contributed by atoms with van der Waals surface area (Å²) in [5, 5.41) is 3.76. The fraction of sp³-hybridized carbons (Fsp3) is 0. The number of carbonyl (C=O) groups excluding carboxylic acids is 1. The second-order valence-electron chi connectivity index (χ2n) is 2.14. The number of hydrogen-bond donors (Lipinski definition) is 2. The molecule has 0 aromatic heterocycles. The Labute approximate surface area is 84.6 Å². The van der Waals surface area contributed by atoms with Gasteiger partial charge in [0.2, 0.25) is 0 Å². The van der Waals surface area contributed by atoms with Crippen LogP contribution in [0.1, 0.15) is 10.4 Å². The van der Waals surface area contributed by atoms with Crippen LogP contribution in [0.4, 0.5) is 5.69 Å². The minimum Gasteiger partial charge on any atom is -0.366 e. The monoisotopic (exact) mass is 213 g/mol. The van der Waals surface area contributed by atoms with Crippen molar-refractivity contribution in [2.24, 2.45) is 15.4 Å². The van der Waals surface area contributed by atoms with Gasteiger partial charge in [0, 0.05) is 0 Å². The molecule has 0 radical (unpaired) electrons. The molecule has 1 rings (SSSR count). The molecule has 0 heterocycles. The molecule has 0 aliphatic carbocycles. The van der Waals surface area contributed by atoms with Gasteiger partial charge in [-0.25, -0.2) is 0 Å². The van der Waals surface area contributed by atoms with Crippen LogP contribution in [0.5, 0.6) is 0 Å². The first-order valence-electron chi connectivity index (χ1n) is 3.36. The van der Waals surface area contributed by atoms with Gasteiger partial charge in [0.1, 0.15) is 0 Å². The molecular formula is C7H7N3OS2. The van der Waals surface area contributed by atoms with E-state index in [1.807, 2.05) is 0 Å². The van der Waals surface area contributed by atoms with Crippen molar-refractivity contribution in [1.29, 1.82) is 0 Å². The van der Waals surface area contributed by atoms with Gasteiger partial charge < -0.3 is 5.73 Å². The van der Waals surface area contributed by atoms with Gasteiger partial charge in [0.25, 0.3) is 5.91 Å². The highest BCUT2D eigenvalue weighted by Crippen LogP contribution is 2.20. The summed E-state index contributed by atoms with van der Waals surface area (Å²) in [7, 11) is 0.918. The molecule has 0 fully saturated rings. The fourth-order valence-corrected chi connectivity index (χ4v) is 1.07. The lowest BCUT2D eigenvalue weighted by Crippen LogP contribution is -2.10. The summed E-state index contributed by atoms with van der Waals surface area (Å²) in [6.45, 7) is 0. The van der Waals surface area contributed by atoms with Crippen LogP contribution in [-0.2, 0) is 0 Å². The molecule has 1 amide bonds. The Morgan fingerprint density at radius 2 is 2.15 bits per heavy atom. The van der Waals surface area contributed by atoms with E-state index < -0.39 is 5.91 Å². The van der Waals surface area contributed by atoms with Crippen molar-refractivity contribution >= 4 is 34.2 Å². The third kappa shape index (κ3) is 2.74. The normalized spacial score (nSPS) is 10.5. The topological polar surface area (TPSA) is 67.8 Å². The Morgan fingerprint density at radius 3 is 2.77 bits per heavy atom. The Balaban J connectivity index is 3.05. The molecule has 0 aliphatic heterocycles. The first-order valence-corrected chi connectivity index (χ1v) is 5.18. The zero-order valence-corrected chi connectivity index (χ0v) is 8.26. The summed E-state index contributed by atoms with van der Waals surface area (Å²) >= 11 is 3.78. The van der Waals surface area contributed by atoms with Crippen LogP contribution in [0.25, 0.3) is 0 Å². The van der Waals surface area contributed by atoms with Gasteiger partial charge in [-0.05, 0) is 12.1 Å². The maximum atomic E-state index is 10.9. The van der Waals surface area contributed by atoms with Crippen molar-refractivity contribution in [2.45, 2.75) is 0 Å². The Hall–Kier alpha value is -1.01. The number of carbonyl (C=O) groups is 1. The zero-order chi connectivity index (χ0) is 9.68. The van der Waals surface area contributed by atoms with Crippen molar-refractivity contribution in [3.8, 4) is 0 Å². The lowest BCUT2D eigenvalue weighted by molar-refractivity contribution is 0.100. The first kappa shape index (κ1) is 10.1. The molecular weight excluding hydrogens is 206 g/mol. The van der Waals surface area contributed by atoms with Crippen molar-refractivity contribution in [2.75, 3.05) is 0 Å². The zero-order valence-electron chi connectivity index (χ0n) is 6.54. The Bertz CT molecular complexity index is 340. The van der Waals surface area contributed by atoms with Gasteiger partial charge in [-0.3, -0.25) is 4.79 Å². The van der Waals surface area contributed by atoms with Crippen molar-refractivity contribution in [1.82, 2.24) is 0 Å². The third-order valence-electron chi connectivity index (χ3n) is 1.35. The number of rotatable bonds is 3. The largest absolute Gasteiger partial charge is 0.366 e. The predicted octanol–water partition coefficient (Wildman–Crippen LogP) is 2.36. The second kappa shape index (κ2) is 4.88. The van der Waals surface area contributed by atoms with Crippen molar-refractivity contribution in [3.05, 3.63) is 29.8 Å². The van der Waals surface area contributed by atoms with Gasteiger partial charge in [-0.1, -0.05) is 23.8 Å².